The van der Waals surface area contributed by atoms with Crippen LogP contribution in [0.1, 0.15) is 62.0 Å². The number of nitrogens with zero attached hydrogens (tertiary/aromatic N) is 3. The first kappa shape index (κ1) is 40.0. The number of alkyl carbamates (subject to hydrolysis) is 1. The second kappa shape index (κ2) is 19.8. The molecule has 1 unspecified atom stereocenters. The fourth-order valence-corrected chi connectivity index (χ4v) is 8.33. The number of carbonyl (C=O) groups excluding carboxylic acids is 3. The molecule has 11 nitrogen and oxygen atoms in total. The molecule has 5 rings (SSSR count). The third-order valence-corrected chi connectivity index (χ3v) is 11.4. The molecule has 0 spiro atoms. The molecule has 1 aliphatic carbocycles. The van der Waals surface area contributed by atoms with Crippen LogP contribution in [0.25, 0.3) is 0 Å². The van der Waals surface area contributed by atoms with Crippen LogP contribution in [-0.2, 0) is 29.0 Å². The van der Waals surface area contributed by atoms with E-state index in [4.69, 9.17) is 9.73 Å². The van der Waals surface area contributed by atoms with Crippen LogP contribution in [0.4, 0.5) is 9.59 Å². The summed E-state index contributed by atoms with van der Waals surface area (Å²) in [5.74, 6) is 0.231. The van der Waals surface area contributed by atoms with Crippen LogP contribution in [-0.4, -0.2) is 87.7 Å². The maximum Gasteiger partial charge on any atom is 0.407 e. The van der Waals surface area contributed by atoms with Gasteiger partial charge in [0.2, 0.25) is 5.91 Å². The molecule has 5 atom stereocenters. The number of aromatic nitrogens is 1. The van der Waals surface area contributed by atoms with E-state index in [9.17, 15) is 19.5 Å². The largest absolute Gasteiger partial charge is 0.444 e. The minimum atomic E-state index is -1.05. The highest BCUT2D eigenvalue weighted by atomic mass is 32.2. The Morgan fingerprint density at radius 2 is 1.70 bits per heavy atom. The molecule has 284 valence electrons. The Kier molecular flexibility index (Phi) is 14.9. The van der Waals surface area contributed by atoms with Gasteiger partial charge in [0, 0.05) is 25.0 Å². The van der Waals surface area contributed by atoms with Gasteiger partial charge in [-0.1, -0.05) is 80.6 Å². The smallest absolute Gasteiger partial charge is 0.407 e. The van der Waals surface area contributed by atoms with E-state index in [1.807, 2.05) is 80.1 Å². The number of urea groups is 1. The normalized spacial score (nSPS) is 19.1. The minimum absolute atomic E-state index is 0.0693. The van der Waals surface area contributed by atoms with Crippen molar-refractivity contribution in [2.24, 2.45) is 10.9 Å². The fraction of sp³-hybridized carbons (Fsp3) is 0.475. The van der Waals surface area contributed by atoms with Gasteiger partial charge in [0.05, 0.1) is 34.6 Å². The number of carbonyl (C=O) groups is 3. The first-order valence-corrected chi connectivity index (χ1v) is 20.3. The second-order valence-corrected chi connectivity index (χ2v) is 16.1. The molecule has 3 aromatic rings. The minimum Gasteiger partial charge on any atom is -0.444 e. The van der Waals surface area contributed by atoms with E-state index >= 15 is 0 Å². The fourth-order valence-electron chi connectivity index (χ4n) is 6.85. The number of benzene rings is 2. The Bertz CT molecular complexity index is 1670. The average Bonchev–Trinajstić information content (AvgIpc) is 3.87. The molecule has 1 aliphatic heterocycles. The van der Waals surface area contributed by atoms with E-state index in [1.165, 1.54) is 23.3 Å². The molecule has 2 heterocycles. The molecule has 0 saturated heterocycles. The lowest BCUT2D eigenvalue weighted by Crippen LogP contribution is -2.57. The SMILES string of the molecule is CC(C)[C@H](NC(=O)N(C)CC1(C2=CCCCC2)CSC=N1)C(=O)N[C@@H](Cc1ccccc1)C[C@H](O)[C@H](Cc1ccccc1)NC(=O)OCc1cncs1. The summed E-state index contributed by atoms with van der Waals surface area (Å²) in [5, 5.41) is 20.8. The van der Waals surface area contributed by atoms with Gasteiger partial charge in [0.25, 0.3) is 0 Å². The zero-order chi connectivity index (χ0) is 37.6. The van der Waals surface area contributed by atoms with Gasteiger partial charge < -0.3 is 30.7 Å². The lowest BCUT2D eigenvalue weighted by molar-refractivity contribution is -0.124. The molecule has 1 aromatic heterocycles. The van der Waals surface area contributed by atoms with Crippen molar-refractivity contribution in [1.29, 1.82) is 0 Å². The van der Waals surface area contributed by atoms with E-state index < -0.39 is 35.9 Å². The van der Waals surface area contributed by atoms with Crippen molar-refractivity contribution in [1.82, 2.24) is 25.8 Å². The van der Waals surface area contributed by atoms with Crippen LogP contribution < -0.4 is 16.0 Å². The van der Waals surface area contributed by atoms with Crippen LogP contribution in [0.5, 0.6) is 0 Å². The summed E-state index contributed by atoms with van der Waals surface area (Å²) < 4.78 is 5.45. The van der Waals surface area contributed by atoms with Gasteiger partial charge in [0.15, 0.2) is 0 Å². The number of aliphatic hydroxyl groups excluding tert-OH is 1. The number of aliphatic hydroxyl groups is 1. The Labute approximate surface area is 321 Å². The molecule has 0 saturated carbocycles. The molecule has 2 aliphatic rings. The number of hydrogen-bond acceptors (Lipinski definition) is 9. The molecule has 2 aromatic carbocycles. The standard InChI is InChI=1S/C40H52N6O5S2/c1-28(2)36(45-38(49)46(3)24-40(25-52-27-42-40)31-17-11-6-12-18-31)37(48)43-32(19-29-13-7-4-8-14-29)21-35(47)34(20-30-15-9-5-10-16-30)44-39(50)51-23-33-22-41-26-53-33/h4-5,7-10,13-17,22,26-28,32,34-36,47H,6,11-12,18-21,23-25H2,1-3H3,(H,43,48)(H,44,50)(H,45,49)/t32-,34-,35-,36-,40?/m0/s1. The van der Waals surface area contributed by atoms with E-state index in [-0.39, 0.29) is 30.9 Å². The number of rotatable bonds is 17. The first-order chi connectivity index (χ1) is 25.6. The van der Waals surface area contributed by atoms with Crippen molar-refractivity contribution < 1.29 is 24.2 Å². The third kappa shape index (κ3) is 11.9. The number of nitrogens with one attached hydrogen (secondary N) is 3. The van der Waals surface area contributed by atoms with Gasteiger partial charge in [-0.3, -0.25) is 14.8 Å². The quantitative estimate of drug-likeness (QED) is 0.121. The molecule has 53 heavy (non-hydrogen) atoms. The first-order valence-electron chi connectivity index (χ1n) is 18.4. The maximum absolute atomic E-state index is 14.1. The number of hydrogen-bond donors (Lipinski definition) is 4. The number of allylic oxidation sites excluding steroid dienone is 1. The van der Waals surface area contributed by atoms with Crippen LogP contribution in [0.2, 0.25) is 0 Å². The summed E-state index contributed by atoms with van der Waals surface area (Å²) in [6.07, 6.45) is 7.46. The summed E-state index contributed by atoms with van der Waals surface area (Å²) >= 11 is 3.05. The van der Waals surface area contributed by atoms with E-state index in [0.717, 1.165) is 41.0 Å². The molecule has 4 N–H and O–H groups in total. The van der Waals surface area contributed by atoms with Gasteiger partial charge in [-0.2, -0.15) is 0 Å². The average molecular weight is 761 g/mol. The van der Waals surface area contributed by atoms with Crippen molar-refractivity contribution in [3.05, 3.63) is 100 Å². The van der Waals surface area contributed by atoms with Crippen molar-refractivity contribution in [2.45, 2.75) is 95.2 Å². The van der Waals surface area contributed by atoms with Gasteiger partial charge in [-0.05, 0) is 67.6 Å². The van der Waals surface area contributed by atoms with Gasteiger partial charge in [0.1, 0.15) is 18.2 Å². The second-order valence-electron chi connectivity index (χ2n) is 14.3. The number of amides is 4. The number of thioether (sulfide) groups is 1. The lowest BCUT2D eigenvalue weighted by atomic mass is 9.84. The maximum atomic E-state index is 14.1. The van der Waals surface area contributed by atoms with Gasteiger partial charge in [-0.25, -0.2) is 9.59 Å². The van der Waals surface area contributed by atoms with E-state index in [2.05, 4.69) is 27.0 Å². The monoisotopic (exact) mass is 760 g/mol. The van der Waals surface area contributed by atoms with Crippen molar-refractivity contribution >= 4 is 46.7 Å². The molecule has 4 amide bonds. The number of aliphatic imine (C=N–C) groups is 1. The van der Waals surface area contributed by atoms with Gasteiger partial charge >= 0.3 is 12.1 Å². The van der Waals surface area contributed by atoms with E-state index in [1.54, 1.807) is 35.4 Å². The zero-order valence-corrected chi connectivity index (χ0v) is 32.4. The van der Waals surface area contributed by atoms with Crippen LogP contribution >= 0.6 is 23.1 Å². The third-order valence-electron chi connectivity index (χ3n) is 9.75. The van der Waals surface area contributed by atoms with Crippen LogP contribution in [0, 0.1) is 5.92 Å². The number of ether oxygens (including phenoxy) is 1. The lowest BCUT2D eigenvalue weighted by Gasteiger charge is -2.35. The molecule has 0 fully saturated rings. The number of thiazole rings is 1. The molecular weight excluding hydrogens is 709 g/mol. The highest BCUT2D eigenvalue weighted by molar-refractivity contribution is 8.12. The predicted octanol–water partition coefficient (Wildman–Crippen LogP) is 6.14. The Morgan fingerprint density at radius 1 is 0.981 bits per heavy atom. The Morgan fingerprint density at radius 3 is 2.30 bits per heavy atom. The van der Waals surface area contributed by atoms with Crippen molar-refractivity contribution in [3.63, 3.8) is 0 Å². The highest BCUT2D eigenvalue weighted by Gasteiger charge is 2.39. The summed E-state index contributed by atoms with van der Waals surface area (Å²) in [7, 11) is 1.75. The summed E-state index contributed by atoms with van der Waals surface area (Å²) in [5.41, 5.74) is 6.31. The van der Waals surface area contributed by atoms with Gasteiger partial charge in [-0.15, -0.1) is 23.1 Å². The summed E-state index contributed by atoms with van der Waals surface area (Å²) in [4.78, 5) is 52.0. The number of likely N-dealkylation sites (N-methyl/N-ethyl adjacent to an activating group) is 1. The molecule has 0 bridgehead atoms. The molecular formula is C40H52N6O5S2. The summed E-state index contributed by atoms with van der Waals surface area (Å²) in [6.45, 7) is 4.29. The Balaban J connectivity index is 1.28. The predicted molar refractivity (Wildman–Crippen MR) is 212 cm³/mol. The topological polar surface area (TPSA) is 145 Å². The summed E-state index contributed by atoms with van der Waals surface area (Å²) in [6, 6.07) is 16.9. The van der Waals surface area contributed by atoms with Crippen LogP contribution in [0.3, 0.4) is 0 Å². The van der Waals surface area contributed by atoms with Crippen molar-refractivity contribution in [2.75, 3.05) is 19.3 Å². The zero-order valence-electron chi connectivity index (χ0n) is 30.8. The highest BCUT2D eigenvalue weighted by Crippen LogP contribution is 2.37. The van der Waals surface area contributed by atoms with Crippen LogP contribution in [0.15, 0.2) is 89.0 Å². The molecule has 0 radical (unpaired) electrons. The van der Waals surface area contributed by atoms with Crippen molar-refractivity contribution in [3.8, 4) is 0 Å². The molecule has 13 heteroatoms. The van der Waals surface area contributed by atoms with E-state index in [0.29, 0.717) is 19.4 Å². The Hall–Kier alpha value is -4.20.